The Kier molecular flexibility index (Phi) is 2.49. The van der Waals surface area contributed by atoms with Crippen LogP contribution in [-0.4, -0.2) is 11.1 Å². The van der Waals surface area contributed by atoms with Crippen LogP contribution in [0.2, 0.25) is 0 Å². The summed E-state index contributed by atoms with van der Waals surface area (Å²) in [4.78, 5) is 11.9. The van der Waals surface area contributed by atoms with Gasteiger partial charge in [-0.25, -0.2) is 0 Å². The molecule has 1 N–H and O–H groups in total. The van der Waals surface area contributed by atoms with E-state index in [-0.39, 0.29) is 11.8 Å². The second-order valence-electron chi connectivity index (χ2n) is 4.02. The van der Waals surface area contributed by atoms with Gasteiger partial charge < -0.3 is 5.11 Å². The molecule has 0 bridgehead atoms. The number of nitrogens with zero attached hydrogens (tertiary/aromatic N) is 1. The van der Waals surface area contributed by atoms with Gasteiger partial charge in [-0.3, -0.25) is 4.79 Å². The van der Waals surface area contributed by atoms with E-state index in [0.29, 0.717) is 5.56 Å². The van der Waals surface area contributed by atoms with Crippen LogP contribution >= 0.6 is 11.3 Å². The number of carboxylic acid groups (broad SMARTS) is 1. The van der Waals surface area contributed by atoms with Gasteiger partial charge in [0.15, 0.2) is 0 Å². The molecule has 0 aliphatic heterocycles. The molecular weight excluding hydrogens is 210 g/mol. The van der Waals surface area contributed by atoms with E-state index in [9.17, 15) is 4.79 Å². The van der Waals surface area contributed by atoms with Gasteiger partial charge in [0, 0.05) is 15.7 Å². The average molecular weight is 221 g/mol. The van der Waals surface area contributed by atoms with Gasteiger partial charge in [0.1, 0.15) is 6.07 Å². The first kappa shape index (κ1) is 10.2. The molecule has 1 aliphatic rings. The zero-order valence-electron chi connectivity index (χ0n) is 8.19. The summed E-state index contributed by atoms with van der Waals surface area (Å²) in [6, 6.07) is 3.92. The van der Waals surface area contributed by atoms with Gasteiger partial charge >= 0.3 is 5.97 Å². The first-order valence-corrected chi connectivity index (χ1v) is 5.75. The first-order valence-electron chi connectivity index (χ1n) is 4.87. The molecule has 78 valence electrons. The van der Waals surface area contributed by atoms with Crippen LogP contribution in [0.1, 0.15) is 36.1 Å². The van der Waals surface area contributed by atoms with E-state index in [4.69, 9.17) is 10.4 Å². The van der Waals surface area contributed by atoms with E-state index in [1.807, 2.05) is 6.07 Å². The summed E-state index contributed by atoms with van der Waals surface area (Å²) in [7, 11) is 0. The van der Waals surface area contributed by atoms with Gasteiger partial charge in [0.2, 0.25) is 0 Å². The Labute approximate surface area is 92.0 Å². The van der Waals surface area contributed by atoms with Crippen LogP contribution in [0.3, 0.4) is 0 Å². The predicted molar refractivity (Wildman–Crippen MR) is 56.8 cm³/mol. The summed E-state index contributed by atoms with van der Waals surface area (Å²) in [5.74, 6) is -0.749. The highest BCUT2D eigenvalue weighted by molar-refractivity contribution is 7.10. The highest BCUT2D eigenvalue weighted by atomic mass is 32.1. The summed E-state index contributed by atoms with van der Waals surface area (Å²) in [6.07, 6.45) is 3.15. The summed E-state index contributed by atoms with van der Waals surface area (Å²) >= 11 is 1.51. The van der Waals surface area contributed by atoms with Gasteiger partial charge in [0.05, 0.1) is 12.0 Å². The van der Waals surface area contributed by atoms with E-state index in [1.165, 1.54) is 11.3 Å². The van der Waals surface area contributed by atoms with Gasteiger partial charge in [-0.05, 0) is 18.9 Å². The normalized spacial score (nSPS) is 17.8. The van der Waals surface area contributed by atoms with Crippen molar-refractivity contribution < 1.29 is 9.90 Å². The molecule has 0 amide bonds. The van der Waals surface area contributed by atoms with Crippen molar-refractivity contribution in [2.45, 2.75) is 31.1 Å². The first-order chi connectivity index (χ1) is 7.16. The van der Waals surface area contributed by atoms with E-state index in [2.05, 4.69) is 6.07 Å². The topological polar surface area (TPSA) is 61.1 Å². The van der Waals surface area contributed by atoms with Crippen molar-refractivity contribution in [2.75, 3.05) is 0 Å². The third-order valence-corrected chi connectivity index (χ3v) is 4.23. The minimum atomic E-state index is -0.749. The van der Waals surface area contributed by atoms with Crippen molar-refractivity contribution >= 4 is 17.3 Å². The van der Waals surface area contributed by atoms with Crippen molar-refractivity contribution in [1.82, 2.24) is 0 Å². The summed E-state index contributed by atoms with van der Waals surface area (Å²) in [6.45, 7) is 0. The lowest BCUT2D eigenvalue weighted by Gasteiger charge is -2.40. The Morgan fingerprint density at radius 3 is 2.80 bits per heavy atom. The number of thiophene rings is 1. The van der Waals surface area contributed by atoms with E-state index >= 15 is 0 Å². The van der Waals surface area contributed by atoms with Gasteiger partial charge in [-0.15, -0.1) is 11.3 Å². The third kappa shape index (κ3) is 1.75. The molecule has 0 atom stereocenters. The van der Waals surface area contributed by atoms with Crippen LogP contribution in [0.15, 0.2) is 11.4 Å². The molecule has 0 radical (unpaired) electrons. The highest BCUT2D eigenvalue weighted by Gasteiger charge is 2.41. The number of carbonyl (C=O) groups is 1. The standard InChI is InChI=1S/C11H11NO2S/c12-6-8-4-9(15-7-8)11(2-1-3-11)5-10(13)14/h4,7H,1-3,5H2,(H,13,14). The zero-order valence-corrected chi connectivity index (χ0v) is 9.01. The largest absolute Gasteiger partial charge is 0.481 e. The van der Waals surface area contributed by atoms with Crippen molar-refractivity contribution in [3.8, 4) is 6.07 Å². The van der Waals surface area contributed by atoms with Gasteiger partial charge in [0.25, 0.3) is 0 Å². The molecule has 0 saturated heterocycles. The Bertz CT molecular complexity index is 426. The van der Waals surface area contributed by atoms with E-state index in [0.717, 1.165) is 24.1 Å². The monoisotopic (exact) mass is 221 g/mol. The second-order valence-corrected chi connectivity index (χ2v) is 4.93. The van der Waals surface area contributed by atoms with Crippen LogP contribution in [0.5, 0.6) is 0 Å². The summed E-state index contributed by atoms with van der Waals surface area (Å²) < 4.78 is 0. The van der Waals surface area contributed by atoms with Crippen molar-refractivity contribution in [1.29, 1.82) is 5.26 Å². The van der Waals surface area contributed by atoms with Crippen molar-refractivity contribution in [2.24, 2.45) is 0 Å². The van der Waals surface area contributed by atoms with Crippen LogP contribution in [0, 0.1) is 11.3 Å². The van der Waals surface area contributed by atoms with Crippen LogP contribution in [-0.2, 0) is 10.2 Å². The average Bonchev–Trinajstić information content (AvgIpc) is 2.59. The molecule has 0 spiro atoms. The van der Waals surface area contributed by atoms with Crippen LogP contribution in [0.4, 0.5) is 0 Å². The molecule has 1 aliphatic carbocycles. The molecule has 15 heavy (non-hydrogen) atoms. The lowest BCUT2D eigenvalue weighted by molar-refractivity contribution is -0.139. The maximum absolute atomic E-state index is 10.8. The zero-order chi connectivity index (χ0) is 10.9. The Morgan fingerprint density at radius 2 is 2.40 bits per heavy atom. The molecule has 3 nitrogen and oxygen atoms in total. The molecule has 4 heteroatoms. The molecule has 1 aromatic rings. The van der Waals surface area contributed by atoms with Crippen LogP contribution in [0.25, 0.3) is 0 Å². The van der Waals surface area contributed by atoms with Crippen molar-refractivity contribution in [3.05, 3.63) is 21.9 Å². The lowest BCUT2D eigenvalue weighted by Crippen LogP contribution is -2.35. The quantitative estimate of drug-likeness (QED) is 0.853. The van der Waals surface area contributed by atoms with Gasteiger partial charge in [-0.2, -0.15) is 5.26 Å². The molecule has 1 saturated carbocycles. The molecule has 1 heterocycles. The second kappa shape index (κ2) is 3.67. The van der Waals surface area contributed by atoms with E-state index in [1.54, 1.807) is 5.38 Å². The SMILES string of the molecule is N#Cc1csc(C2(CC(=O)O)CCC2)c1. The molecular formula is C11H11NO2S. The number of hydrogen-bond acceptors (Lipinski definition) is 3. The molecule has 0 unspecified atom stereocenters. The highest BCUT2D eigenvalue weighted by Crippen LogP contribution is 2.48. The van der Waals surface area contributed by atoms with Gasteiger partial charge in [-0.1, -0.05) is 6.42 Å². The molecule has 1 fully saturated rings. The summed E-state index contributed by atoms with van der Waals surface area (Å²) in [5, 5.41) is 19.4. The number of carboxylic acids is 1. The summed E-state index contributed by atoms with van der Waals surface area (Å²) in [5.41, 5.74) is 0.470. The molecule has 0 aromatic carbocycles. The predicted octanol–water partition coefficient (Wildman–Crippen LogP) is 2.52. The molecule has 1 aromatic heterocycles. The Morgan fingerprint density at radius 1 is 1.67 bits per heavy atom. The maximum Gasteiger partial charge on any atom is 0.304 e. The molecule has 2 rings (SSSR count). The van der Waals surface area contributed by atoms with E-state index < -0.39 is 5.97 Å². The Balaban J connectivity index is 2.26. The number of aliphatic carboxylic acids is 1. The number of rotatable bonds is 3. The maximum atomic E-state index is 10.8. The fourth-order valence-corrected chi connectivity index (χ4v) is 3.17. The minimum absolute atomic E-state index is 0.175. The van der Waals surface area contributed by atoms with Crippen molar-refractivity contribution in [3.63, 3.8) is 0 Å². The smallest absolute Gasteiger partial charge is 0.304 e. The number of hydrogen-bond donors (Lipinski definition) is 1. The number of nitriles is 1. The minimum Gasteiger partial charge on any atom is -0.481 e. The Hall–Kier alpha value is -1.34. The van der Waals surface area contributed by atoms with Crippen LogP contribution < -0.4 is 0 Å². The fourth-order valence-electron chi connectivity index (χ4n) is 2.08. The lowest BCUT2D eigenvalue weighted by atomic mass is 9.65. The fraction of sp³-hybridized carbons (Fsp3) is 0.455. The third-order valence-electron chi connectivity index (χ3n) is 3.05.